The fourth-order valence-corrected chi connectivity index (χ4v) is 4.15. The number of aromatic amines is 1. The van der Waals surface area contributed by atoms with Crippen molar-refractivity contribution in [2.24, 2.45) is 5.10 Å². The summed E-state index contributed by atoms with van der Waals surface area (Å²) in [4.78, 5) is 30.8. The Bertz CT molecular complexity index is 1140. The molecule has 140 valence electrons. The van der Waals surface area contributed by atoms with Gasteiger partial charge >= 0.3 is 0 Å². The van der Waals surface area contributed by atoms with Crippen molar-refractivity contribution in [1.29, 1.82) is 0 Å². The molecule has 3 aromatic rings. The highest BCUT2D eigenvalue weighted by atomic mass is 35.5. The van der Waals surface area contributed by atoms with Gasteiger partial charge in [-0.2, -0.15) is 5.10 Å². The number of benzene rings is 2. The van der Waals surface area contributed by atoms with E-state index in [2.05, 4.69) is 10.1 Å². The van der Waals surface area contributed by atoms with Crippen LogP contribution in [-0.2, 0) is 22.6 Å². The zero-order chi connectivity index (χ0) is 19.3. The predicted molar refractivity (Wildman–Crippen MR) is 107 cm³/mol. The molecular weight excluding hydrogens is 376 g/mol. The fraction of sp³-hybridized carbons (Fsp3) is 0.190. The number of amides is 2. The second kappa shape index (κ2) is 6.49. The van der Waals surface area contributed by atoms with Crippen LogP contribution < -0.4 is 0 Å². The number of carbonyl (C=O) groups is 2. The molecular formula is C21H17ClN4O2. The highest BCUT2D eigenvalue weighted by molar-refractivity contribution is 6.33. The van der Waals surface area contributed by atoms with Crippen LogP contribution in [0.25, 0.3) is 10.9 Å². The Hall–Kier alpha value is -3.12. The maximum Gasteiger partial charge on any atom is 0.266 e. The molecule has 0 unspecified atom stereocenters. The molecule has 28 heavy (non-hydrogen) atoms. The third-order valence-electron chi connectivity index (χ3n) is 5.39. The first-order valence-corrected chi connectivity index (χ1v) is 9.47. The minimum Gasteiger partial charge on any atom is -0.357 e. The van der Waals surface area contributed by atoms with Crippen molar-refractivity contribution in [1.82, 2.24) is 14.9 Å². The normalized spacial score (nSPS) is 19.4. The zero-order valence-corrected chi connectivity index (χ0v) is 15.7. The minimum atomic E-state index is -0.531. The maximum atomic E-state index is 13.1. The van der Waals surface area contributed by atoms with Crippen molar-refractivity contribution in [3.8, 4) is 0 Å². The summed E-state index contributed by atoms with van der Waals surface area (Å²) in [6, 6.07) is 14.7. The quantitative estimate of drug-likeness (QED) is 0.681. The second-order valence-corrected chi connectivity index (χ2v) is 7.44. The molecule has 2 amide bonds. The van der Waals surface area contributed by atoms with Gasteiger partial charge in [0.15, 0.2) is 0 Å². The Labute approximate surface area is 166 Å². The lowest BCUT2D eigenvalue weighted by Crippen LogP contribution is -2.60. The van der Waals surface area contributed by atoms with E-state index in [-0.39, 0.29) is 18.4 Å². The van der Waals surface area contributed by atoms with Crippen LogP contribution in [0.1, 0.15) is 16.8 Å². The lowest BCUT2D eigenvalue weighted by atomic mass is 9.94. The number of carbonyl (C=O) groups excluding carboxylic acids is 2. The molecule has 1 saturated heterocycles. The molecule has 1 atom stereocenters. The Morgan fingerprint density at radius 3 is 2.71 bits per heavy atom. The van der Waals surface area contributed by atoms with Gasteiger partial charge in [-0.25, -0.2) is 5.01 Å². The molecule has 0 saturated carbocycles. The second-order valence-electron chi connectivity index (χ2n) is 7.03. The number of hydrogen-bond donors (Lipinski definition) is 1. The first-order chi connectivity index (χ1) is 13.6. The van der Waals surface area contributed by atoms with Crippen molar-refractivity contribution >= 4 is 40.5 Å². The molecule has 0 spiro atoms. The Morgan fingerprint density at radius 2 is 1.86 bits per heavy atom. The van der Waals surface area contributed by atoms with Crippen LogP contribution in [0.2, 0.25) is 5.02 Å². The summed E-state index contributed by atoms with van der Waals surface area (Å²) < 4.78 is 0. The van der Waals surface area contributed by atoms with Gasteiger partial charge < -0.3 is 9.88 Å². The number of H-pyrrole nitrogens is 1. The number of fused-ring (bicyclic) bond motifs is 4. The molecule has 3 heterocycles. The maximum absolute atomic E-state index is 13.1. The summed E-state index contributed by atoms with van der Waals surface area (Å²) in [5.74, 6) is -0.274. The van der Waals surface area contributed by atoms with E-state index < -0.39 is 6.04 Å². The first-order valence-electron chi connectivity index (χ1n) is 9.09. The van der Waals surface area contributed by atoms with Gasteiger partial charge in [-0.05, 0) is 17.7 Å². The zero-order valence-electron chi connectivity index (χ0n) is 14.9. The third-order valence-corrected chi connectivity index (χ3v) is 5.73. The summed E-state index contributed by atoms with van der Waals surface area (Å²) in [6.07, 6.45) is 2.02. The van der Waals surface area contributed by atoms with Gasteiger partial charge in [0.2, 0.25) is 5.91 Å². The molecule has 0 radical (unpaired) electrons. The van der Waals surface area contributed by atoms with E-state index in [1.54, 1.807) is 11.0 Å². The molecule has 7 heteroatoms. The Kier molecular flexibility index (Phi) is 3.94. The summed E-state index contributed by atoms with van der Waals surface area (Å²) in [5, 5.41) is 7.17. The fourth-order valence-electron chi connectivity index (χ4n) is 3.97. The number of piperazine rings is 1. The summed E-state index contributed by atoms with van der Waals surface area (Å²) in [6.45, 7) is 0.354. The predicted octanol–water partition coefficient (Wildman–Crippen LogP) is 2.95. The molecule has 2 aromatic carbocycles. The number of hydrazone groups is 1. The van der Waals surface area contributed by atoms with Crippen molar-refractivity contribution < 1.29 is 9.59 Å². The van der Waals surface area contributed by atoms with E-state index in [4.69, 9.17) is 11.6 Å². The van der Waals surface area contributed by atoms with Gasteiger partial charge in [0, 0.05) is 33.6 Å². The molecule has 1 fully saturated rings. The summed E-state index contributed by atoms with van der Waals surface area (Å²) in [7, 11) is 0. The van der Waals surface area contributed by atoms with Crippen LogP contribution >= 0.6 is 11.6 Å². The molecule has 0 aliphatic carbocycles. The molecule has 1 aromatic heterocycles. The lowest BCUT2D eigenvalue weighted by molar-refractivity contribution is -0.157. The number of para-hydroxylation sites is 1. The van der Waals surface area contributed by atoms with Crippen LogP contribution in [0, 0.1) is 0 Å². The first kappa shape index (κ1) is 17.0. The van der Waals surface area contributed by atoms with Gasteiger partial charge in [0.05, 0.1) is 12.8 Å². The van der Waals surface area contributed by atoms with Crippen molar-refractivity contribution in [3.63, 3.8) is 0 Å². The van der Waals surface area contributed by atoms with Crippen LogP contribution in [0.15, 0.2) is 53.6 Å². The average Bonchev–Trinajstić information content (AvgIpc) is 3.07. The van der Waals surface area contributed by atoms with Crippen molar-refractivity contribution in [2.75, 3.05) is 6.54 Å². The number of aromatic nitrogens is 1. The van der Waals surface area contributed by atoms with E-state index >= 15 is 0 Å². The number of hydrogen-bond acceptors (Lipinski definition) is 3. The van der Waals surface area contributed by atoms with E-state index in [1.807, 2.05) is 42.5 Å². The van der Waals surface area contributed by atoms with Crippen LogP contribution in [0.4, 0.5) is 0 Å². The number of nitrogens with zero attached hydrogens (tertiary/aromatic N) is 3. The average molecular weight is 393 g/mol. The van der Waals surface area contributed by atoms with E-state index in [0.29, 0.717) is 23.6 Å². The van der Waals surface area contributed by atoms with E-state index in [1.165, 1.54) is 11.2 Å². The molecule has 1 N–H and O–H groups in total. The van der Waals surface area contributed by atoms with Crippen molar-refractivity contribution in [2.45, 2.75) is 19.0 Å². The lowest BCUT2D eigenvalue weighted by Gasteiger charge is -2.40. The summed E-state index contributed by atoms with van der Waals surface area (Å²) >= 11 is 6.14. The monoisotopic (exact) mass is 392 g/mol. The summed E-state index contributed by atoms with van der Waals surface area (Å²) in [5.41, 5.74) is 3.84. The molecule has 5 rings (SSSR count). The van der Waals surface area contributed by atoms with Gasteiger partial charge in [0.25, 0.3) is 5.91 Å². The SMILES string of the molecule is O=C1[C@@H]2Cc3c([nH]c4ccccc34)CN2C(=O)CN1N=Cc1ccccc1Cl. The molecule has 2 aliphatic heterocycles. The molecule has 0 bridgehead atoms. The Balaban J connectivity index is 1.46. The molecule has 2 aliphatic rings. The van der Waals surface area contributed by atoms with Crippen LogP contribution in [0.3, 0.4) is 0 Å². The van der Waals surface area contributed by atoms with E-state index in [0.717, 1.165) is 22.2 Å². The van der Waals surface area contributed by atoms with E-state index in [9.17, 15) is 9.59 Å². The third kappa shape index (κ3) is 2.68. The number of rotatable bonds is 2. The number of halogens is 1. The largest absolute Gasteiger partial charge is 0.357 e. The number of nitrogens with one attached hydrogen (secondary N) is 1. The van der Waals surface area contributed by atoms with Crippen LogP contribution in [-0.4, -0.2) is 45.5 Å². The minimum absolute atomic E-state index is 0.0636. The van der Waals surface area contributed by atoms with Gasteiger partial charge in [0.1, 0.15) is 12.6 Å². The highest BCUT2D eigenvalue weighted by Crippen LogP contribution is 2.32. The smallest absolute Gasteiger partial charge is 0.266 e. The van der Waals surface area contributed by atoms with Crippen molar-refractivity contribution in [3.05, 3.63) is 70.4 Å². The van der Waals surface area contributed by atoms with Crippen LogP contribution in [0.5, 0.6) is 0 Å². The molecule has 6 nitrogen and oxygen atoms in total. The Morgan fingerprint density at radius 1 is 1.07 bits per heavy atom. The van der Waals surface area contributed by atoms with Gasteiger partial charge in [-0.1, -0.05) is 48.0 Å². The van der Waals surface area contributed by atoms with Gasteiger partial charge in [-0.3, -0.25) is 9.59 Å². The topological polar surface area (TPSA) is 68.8 Å². The van der Waals surface area contributed by atoms with Gasteiger partial charge in [-0.15, -0.1) is 0 Å². The highest BCUT2D eigenvalue weighted by Gasteiger charge is 2.43. The standard InChI is InChI=1S/C21H17ClN4O2/c22-16-7-3-1-5-13(16)10-23-26-12-20(27)25-11-18-15(9-19(25)21(26)28)14-6-2-4-8-17(14)24-18/h1-8,10,19,24H,9,11-12H2/t19-/m0/s1.